The number of hydrogen-bond donors (Lipinski definition) is 1. The van der Waals surface area contributed by atoms with Crippen LogP contribution in [0.5, 0.6) is 23.0 Å². The predicted molar refractivity (Wildman–Crippen MR) is 124 cm³/mol. The number of hydrogen-bond acceptors (Lipinski definition) is 9. The normalized spacial score (nSPS) is 12.1. The van der Waals surface area contributed by atoms with Gasteiger partial charge in [0.1, 0.15) is 13.2 Å². The molecule has 0 aliphatic carbocycles. The number of benzene rings is 3. The summed E-state index contributed by atoms with van der Waals surface area (Å²) in [4.78, 5) is 34.9. The van der Waals surface area contributed by atoms with Crippen molar-refractivity contribution in [1.82, 2.24) is 5.43 Å². The molecule has 4 rings (SSSR count). The maximum atomic E-state index is 12.4. The molecule has 3 aromatic rings. The van der Waals surface area contributed by atoms with Crippen molar-refractivity contribution in [2.45, 2.75) is 0 Å². The van der Waals surface area contributed by atoms with E-state index in [9.17, 15) is 19.7 Å². The molecule has 11 nitrogen and oxygen atoms in total. The molecule has 178 valence electrons. The van der Waals surface area contributed by atoms with Crippen molar-refractivity contribution >= 4 is 23.8 Å². The third-order valence-corrected chi connectivity index (χ3v) is 4.89. The fourth-order valence-corrected chi connectivity index (χ4v) is 3.14. The summed E-state index contributed by atoms with van der Waals surface area (Å²) in [5.41, 5.74) is 3.37. The lowest BCUT2D eigenvalue weighted by Crippen LogP contribution is -2.19. The Bertz CT molecular complexity index is 1300. The van der Waals surface area contributed by atoms with Gasteiger partial charge >= 0.3 is 5.97 Å². The van der Waals surface area contributed by atoms with Crippen molar-refractivity contribution in [2.75, 3.05) is 20.3 Å². The van der Waals surface area contributed by atoms with Crippen molar-refractivity contribution < 1.29 is 33.5 Å². The van der Waals surface area contributed by atoms with Gasteiger partial charge in [0.05, 0.1) is 23.8 Å². The zero-order valence-electron chi connectivity index (χ0n) is 18.4. The van der Waals surface area contributed by atoms with Crippen LogP contribution in [0.3, 0.4) is 0 Å². The molecule has 0 bridgehead atoms. The van der Waals surface area contributed by atoms with E-state index in [1.807, 2.05) is 0 Å². The van der Waals surface area contributed by atoms with Crippen LogP contribution in [0.15, 0.2) is 65.8 Å². The first-order valence-electron chi connectivity index (χ1n) is 10.3. The number of nitrogens with one attached hydrogen (secondary N) is 1. The van der Waals surface area contributed by atoms with Gasteiger partial charge in [0.25, 0.3) is 11.6 Å². The van der Waals surface area contributed by atoms with Crippen molar-refractivity contribution in [3.8, 4) is 23.0 Å². The molecule has 0 atom stereocenters. The number of non-ortho nitro benzene ring substituents is 1. The number of ether oxygens (including phenoxy) is 4. The molecule has 1 aliphatic rings. The van der Waals surface area contributed by atoms with Crippen LogP contribution in [-0.4, -0.2) is 43.3 Å². The Balaban J connectivity index is 1.40. The molecule has 0 aromatic heterocycles. The molecule has 0 saturated carbocycles. The van der Waals surface area contributed by atoms with Crippen LogP contribution in [0, 0.1) is 10.1 Å². The van der Waals surface area contributed by atoms with Crippen molar-refractivity contribution in [3.05, 3.63) is 87.5 Å². The number of carbonyl (C=O) groups is 2. The Morgan fingerprint density at radius 1 is 0.971 bits per heavy atom. The van der Waals surface area contributed by atoms with Crippen LogP contribution in [0.2, 0.25) is 0 Å². The topological polar surface area (TPSA) is 139 Å². The number of nitro groups is 1. The molecule has 1 heterocycles. The fraction of sp³-hybridized carbons (Fsp3) is 0.125. The number of amides is 1. The van der Waals surface area contributed by atoms with E-state index in [4.69, 9.17) is 18.9 Å². The first-order valence-corrected chi connectivity index (χ1v) is 10.3. The van der Waals surface area contributed by atoms with Crippen LogP contribution in [0.25, 0.3) is 0 Å². The van der Waals surface area contributed by atoms with Gasteiger partial charge in [0.2, 0.25) is 0 Å². The molecule has 0 spiro atoms. The van der Waals surface area contributed by atoms with Gasteiger partial charge in [-0.1, -0.05) is 0 Å². The summed E-state index contributed by atoms with van der Waals surface area (Å²) in [6.07, 6.45) is 1.40. The summed E-state index contributed by atoms with van der Waals surface area (Å²) in [6, 6.07) is 14.6. The van der Waals surface area contributed by atoms with Gasteiger partial charge in [-0.15, -0.1) is 0 Å². The van der Waals surface area contributed by atoms with Gasteiger partial charge < -0.3 is 18.9 Å². The Kier molecular flexibility index (Phi) is 6.86. The Labute approximate surface area is 199 Å². The van der Waals surface area contributed by atoms with E-state index in [2.05, 4.69) is 10.5 Å². The Morgan fingerprint density at radius 3 is 2.40 bits per heavy atom. The predicted octanol–water partition coefficient (Wildman–Crippen LogP) is 3.36. The minimum Gasteiger partial charge on any atom is -0.493 e. The quantitative estimate of drug-likeness (QED) is 0.180. The van der Waals surface area contributed by atoms with Gasteiger partial charge in [-0.25, -0.2) is 10.2 Å². The van der Waals surface area contributed by atoms with Crippen LogP contribution >= 0.6 is 0 Å². The standard InChI is InChI=1S/C24H19N3O8/c1-32-21-12-15(2-8-20(21)35-24(29)16-3-6-18(7-4-16)27(30)31)14-25-26-23(28)17-5-9-19-22(13-17)34-11-10-33-19/h2-9,12-14H,10-11H2,1H3,(H,26,28). The molecule has 3 aromatic carbocycles. The summed E-state index contributed by atoms with van der Waals surface area (Å²) in [6.45, 7) is 0.874. The van der Waals surface area contributed by atoms with E-state index < -0.39 is 16.8 Å². The average Bonchev–Trinajstić information content (AvgIpc) is 2.89. The molecule has 1 aliphatic heterocycles. The van der Waals surface area contributed by atoms with Gasteiger partial charge in [-0.2, -0.15) is 5.10 Å². The fourth-order valence-electron chi connectivity index (χ4n) is 3.14. The number of hydrazone groups is 1. The molecule has 11 heteroatoms. The monoisotopic (exact) mass is 477 g/mol. The number of carbonyl (C=O) groups excluding carboxylic acids is 2. The third-order valence-electron chi connectivity index (χ3n) is 4.89. The summed E-state index contributed by atoms with van der Waals surface area (Å²) in [5.74, 6) is 0.343. The number of rotatable bonds is 7. The second-order valence-corrected chi connectivity index (χ2v) is 7.16. The van der Waals surface area contributed by atoms with Crippen LogP contribution in [-0.2, 0) is 0 Å². The van der Waals surface area contributed by atoms with Crippen molar-refractivity contribution in [1.29, 1.82) is 0 Å². The number of esters is 1. The SMILES string of the molecule is COc1cc(C=NNC(=O)c2ccc3c(c2)OCCO3)ccc1OC(=O)c1ccc([N+](=O)[O-])cc1. The highest BCUT2D eigenvalue weighted by Gasteiger charge is 2.16. The van der Waals surface area contributed by atoms with Crippen LogP contribution in [0.4, 0.5) is 5.69 Å². The number of nitrogens with zero attached hydrogens (tertiary/aromatic N) is 2. The number of methoxy groups -OCH3 is 1. The lowest BCUT2D eigenvalue weighted by Gasteiger charge is -2.18. The maximum absolute atomic E-state index is 12.4. The lowest BCUT2D eigenvalue weighted by molar-refractivity contribution is -0.384. The molecule has 0 radical (unpaired) electrons. The molecular weight excluding hydrogens is 458 g/mol. The smallest absolute Gasteiger partial charge is 0.343 e. The van der Waals surface area contributed by atoms with E-state index in [0.717, 1.165) is 0 Å². The van der Waals surface area contributed by atoms with E-state index >= 15 is 0 Å². The van der Waals surface area contributed by atoms with E-state index in [0.29, 0.717) is 35.8 Å². The van der Waals surface area contributed by atoms with Gasteiger partial charge in [-0.3, -0.25) is 14.9 Å². The molecule has 0 unspecified atom stereocenters. The maximum Gasteiger partial charge on any atom is 0.343 e. The van der Waals surface area contributed by atoms with Gasteiger partial charge in [-0.05, 0) is 54.1 Å². The number of fused-ring (bicyclic) bond motifs is 1. The summed E-state index contributed by atoms with van der Waals surface area (Å²) < 4.78 is 21.5. The summed E-state index contributed by atoms with van der Waals surface area (Å²) >= 11 is 0. The minimum absolute atomic E-state index is 0.135. The highest BCUT2D eigenvalue weighted by Crippen LogP contribution is 2.31. The number of nitro benzene ring substituents is 1. The summed E-state index contributed by atoms with van der Waals surface area (Å²) in [5, 5.41) is 14.7. The second kappa shape index (κ2) is 10.3. The van der Waals surface area contributed by atoms with Crippen molar-refractivity contribution in [3.63, 3.8) is 0 Å². The summed E-state index contributed by atoms with van der Waals surface area (Å²) in [7, 11) is 1.41. The molecule has 1 amide bonds. The molecule has 1 N–H and O–H groups in total. The lowest BCUT2D eigenvalue weighted by atomic mass is 10.2. The minimum atomic E-state index is -0.702. The van der Waals surface area contributed by atoms with Crippen LogP contribution in [0.1, 0.15) is 26.3 Å². The third kappa shape index (κ3) is 5.53. The van der Waals surface area contributed by atoms with Crippen molar-refractivity contribution in [2.24, 2.45) is 5.10 Å². The van der Waals surface area contributed by atoms with Gasteiger partial charge in [0.15, 0.2) is 23.0 Å². The first kappa shape index (κ1) is 23.2. The van der Waals surface area contributed by atoms with E-state index in [1.54, 1.807) is 30.3 Å². The average molecular weight is 477 g/mol. The Morgan fingerprint density at radius 2 is 1.69 bits per heavy atom. The highest BCUT2D eigenvalue weighted by atomic mass is 16.6. The zero-order valence-corrected chi connectivity index (χ0v) is 18.4. The second-order valence-electron chi connectivity index (χ2n) is 7.16. The van der Waals surface area contributed by atoms with Gasteiger partial charge in [0, 0.05) is 17.7 Å². The first-order chi connectivity index (χ1) is 16.9. The molecular formula is C24H19N3O8. The van der Waals surface area contributed by atoms with E-state index in [1.165, 1.54) is 43.7 Å². The molecule has 35 heavy (non-hydrogen) atoms. The highest BCUT2D eigenvalue weighted by molar-refractivity contribution is 5.95. The largest absolute Gasteiger partial charge is 0.493 e. The Hall–Kier alpha value is -4.93. The molecule has 0 saturated heterocycles. The van der Waals surface area contributed by atoms with Crippen LogP contribution < -0.4 is 24.4 Å². The molecule has 0 fully saturated rings. The zero-order chi connectivity index (χ0) is 24.8. The van der Waals surface area contributed by atoms with E-state index in [-0.39, 0.29) is 22.7 Å².